The number of ether oxygens (including phenoxy) is 1. The molecule has 3 amide bonds. The van der Waals surface area contributed by atoms with E-state index in [2.05, 4.69) is 10.4 Å². The number of halogens is 5. The largest absolute Gasteiger partial charge is 0.488 e. The first-order chi connectivity index (χ1) is 18.0. The predicted octanol–water partition coefficient (Wildman–Crippen LogP) is 4.85. The van der Waals surface area contributed by atoms with Crippen LogP contribution in [-0.4, -0.2) is 38.4 Å². The Hall–Kier alpha value is -3.57. The van der Waals surface area contributed by atoms with Crippen LogP contribution in [0.1, 0.15) is 45.6 Å². The van der Waals surface area contributed by atoms with Crippen molar-refractivity contribution in [3.05, 3.63) is 74.5 Å². The van der Waals surface area contributed by atoms with Crippen LogP contribution in [-0.2, 0) is 28.9 Å². The van der Waals surface area contributed by atoms with E-state index in [-0.39, 0.29) is 53.5 Å². The van der Waals surface area contributed by atoms with Gasteiger partial charge in [-0.1, -0.05) is 29.3 Å². The lowest BCUT2D eigenvalue weighted by Gasteiger charge is -2.29. The summed E-state index contributed by atoms with van der Waals surface area (Å²) in [6.45, 7) is 1.87. The molecule has 0 bridgehead atoms. The molecule has 8 nitrogen and oxygen atoms in total. The van der Waals surface area contributed by atoms with Gasteiger partial charge in [-0.2, -0.15) is 18.3 Å². The van der Waals surface area contributed by atoms with Crippen LogP contribution < -0.4 is 10.1 Å². The van der Waals surface area contributed by atoms with E-state index in [1.54, 1.807) is 25.1 Å². The molecule has 13 heteroatoms. The number of carbonyl (C=O) groups excluding carboxylic acids is 3. The lowest BCUT2D eigenvalue weighted by atomic mass is 10.0. The molecule has 1 atom stereocenters. The maximum atomic E-state index is 13.1. The molecule has 5 rings (SSSR count). The van der Waals surface area contributed by atoms with E-state index in [1.165, 1.54) is 15.8 Å². The standard InChI is InChI=1S/C25H19Cl2F3N4O4/c1-12-13(9-31-34(12)22-17(26)7-14(8-18(22)27)25(28,29)30)11-38-20-4-2-3-15-16(20)10-33(24(15)37)19-5-6-21(35)32-23(19)36/h2-4,7-9,19H,5-6,10-11H2,1H3,(H,32,35,36). The van der Waals surface area contributed by atoms with Gasteiger partial charge in [0.1, 0.15) is 24.1 Å². The summed E-state index contributed by atoms with van der Waals surface area (Å²) in [5.74, 6) is -0.762. The quantitative estimate of drug-likeness (QED) is 0.446. The van der Waals surface area contributed by atoms with E-state index in [4.69, 9.17) is 27.9 Å². The molecule has 1 N–H and O–H groups in total. The molecular formula is C25H19Cl2F3N4O4. The van der Waals surface area contributed by atoms with Gasteiger partial charge in [0.2, 0.25) is 11.8 Å². The highest BCUT2D eigenvalue weighted by Gasteiger charge is 2.40. The molecule has 2 aliphatic rings. The van der Waals surface area contributed by atoms with Crippen molar-refractivity contribution >= 4 is 40.9 Å². The average molecular weight is 567 g/mol. The van der Waals surface area contributed by atoms with Crippen LogP contribution in [0.3, 0.4) is 0 Å². The Kier molecular flexibility index (Phi) is 6.60. The van der Waals surface area contributed by atoms with Gasteiger partial charge >= 0.3 is 6.18 Å². The monoisotopic (exact) mass is 566 g/mol. The average Bonchev–Trinajstić information content (AvgIpc) is 3.37. The fourth-order valence-electron chi connectivity index (χ4n) is 4.59. The fraction of sp³-hybridized carbons (Fsp3) is 0.280. The van der Waals surface area contributed by atoms with Crippen LogP contribution in [0.25, 0.3) is 5.69 Å². The van der Waals surface area contributed by atoms with Gasteiger partial charge in [-0.05, 0) is 37.6 Å². The Morgan fingerprint density at radius 2 is 1.87 bits per heavy atom. The lowest BCUT2D eigenvalue weighted by molar-refractivity contribution is -0.138. The summed E-state index contributed by atoms with van der Waals surface area (Å²) in [4.78, 5) is 38.3. The van der Waals surface area contributed by atoms with Gasteiger partial charge in [0, 0.05) is 28.8 Å². The minimum Gasteiger partial charge on any atom is -0.488 e. The van der Waals surface area contributed by atoms with E-state index in [1.807, 2.05) is 0 Å². The highest BCUT2D eigenvalue weighted by atomic mass is 35.5. The minimum atomic E-state index is -4.60. The second kappa shape index (κ2) is 9.63. The van der Waals surface area contributed by atoms with E-state index >= 15 is 0 Å². The molecule has 0 saturated carbocycles. The normalized spacial score (nSPS) is 17.6. The Morgan fingerprint density at radius 1 is 1.16 bits per heavy atom. The number of piperidine rings is 1. The first kappa shape index (κ1) is 26.1. The second-order valence-electron chi connectivity index (χ2n) is 8.92. The summed E-state index contributed by atoms with van der Waals surface area (Å²) in [6.07, 6.45) is -2.72. The number of hydrogen-bond acceptors (Lipinski definition) is 5. The third-order valence-electron chi connectivity index (χ3n) is 6.59. The Bertz CT molecular complexity index is 1460. The molecule has 3 aromatic rings. The van der Waals surface area contributed by atoms with Gasteiger partial charge in [0.05, 0.1) is 28.4 Å². The number of imide groups is 1. The minimum absolute atomic E-state index is 0.0325. The first-order valence-electron chi connectivity index (χ1n) is 11.4. The summed E-state index contributed by atoms with van der Waals surface area (Å²) in [5.41, 5.74) is 1.31. The summed E-state index contributed by atoms with van der Waals surface area (Å²) < 4.78 is 46.6. The Morgan fingerprint density at radius 3 is 2.53 bits per heavy atom. The van der Waals surface area contributed by atoms with Crippen molar-refractivity contribution in [3.63, 3.8) is 0 Å². The number of nitrogens with zero attached hydrogens (tertiary/aromatic N) is 3. The van der Waals surface area contributed by atoms with Crippen LogP contribution in [0.4, 0.5) is 13.2 Å². The van der Waals surface area contributed by atoms with Gasteiger partial charge < -0.3 is 9.64 Å². The molecule has 1 unspecified atom stereocenters. The maximum absolute atomic E-state index is 13.1. The van der Waals surface area contributed by atoms with Crippen molar-refractivity contribution in [3.8, 4) is 11.4 Å². The van der Waals surface area contributed by atoms with Gasteiger partial charge in [-0.25, -0.2) is 4.68 Å². The number of amides is 3. The number of rotatable bonds is 5. The molecule has 0 radical (unpaired) electrons. The van der Waals surface area contributed by atoms with Crippen LogP contribution in [0.2, 0.25) is 10.0 Å². The van der Waals surface area contributed by atoms with Crippen LogP contribution in [0, 0.1) is 6.92 Å². The van der Waals surface area contributed by atoms with E-state index in [0.717, 1.165) is 12.1 Å². The smallest absolute Gasteiger partial charge is 0.416 e. The zero-order valence-corrected chi connectivity index (χ0v) is 21.2. The fourth-order valence-corrected chi connectivity index (χ4v) is 5.24. The number of hydrogen-bond donors (Lipinski definition) is 1. The van der Waals surface area contributed by atoms with E-state index in [9.17, 15) is 27.6 Å². The topological polar surface area (TPSA) is 93.5 Å². The maximum Gasteiger partial charge on any atom is 0.416 e. The Balaban J connectivity index is 1.36. The third-order valence-corrected chi connectivity index (χ3v) is 7.17. The van der Waals surface area contributed by atoms with Gasteiger partial charge in [-0.3, -0.25) is 19.7 Å². The number of benzene rings is 2. The molecule has 198 valence electrons. The van der Waals surface area contributed by atoms with Crippen LogP contribution in [0.15, 0.2) is 36.5 Å². The van der Waals surface area contributed by atoms with Crippen molar-refractivity contribution in [1.82, 2.24) is 20.0 Å². The third kappa shape index (κ3) is 4.60. The highest BCUT2D eigenvalue weighted by Crippen LogP contribution is 2.38. The zero-order valence-electron chi connectivity index (χ0n) is 19.7. The van der Waals surface area contributed by atoms with Crippen molar-refractivity contribution in [2.75, 3.05) is 0 Å². The molecule has 2 aromatic carbocycles. The van der Waals surface area contributed by atoms with Crippen LogP contribution in [0.5, 0.6) is 5.75 Å². The zero-order chi connectivity index (χ0) is 27.4. The van der Waals surface area contributed by atoms with Gasteiger partial charge in [0.25, 0.3) is 5.91 Å². The highest BCUT2D eigenvalue weighted by molar-refractivity contribution is 6.37. The predicted molar refractivity (Wildman–Crippen MR) is 130 cm³/mol. The molecule has 0 aliphatic carbocycles. The van der Waals surface area contributed by atoms with Gasteiger partial charge in [-0.15, -0.1) is 0 Å². The van der Waals surface area contributed by atoms with Crippen molar-refractivity contribution in [1.29, 1.82) is 0 Å². The summed E-state index contributed by atoms with van der Waals surface area (Å²) >= 11 is 12.3. The lowest BCUT2D eigenvalue weighted by Crippen LogP contribution is -2.52. The van der Waals surface area contributed by atoms with Crippen molar-refractivity contribution < 1.29 is 32.3 Å². The Labute approximate surface area is 224 Å². The molecule has 1 fully saturated rings. The molecule has 1 aromatic heterocycles. The molecule has 3 heterocycles. The van der Waals surface area contributed by atoms with E-state index in [0.29, 0.717) is 28.1 Å². The molecular weight excluding hydrogens is 548 g/mol. The second-order valence-corrected chi connectivity index (χ2v) is 9.74. The molecule has 2 aliphatic heterocycles. The number of nitrogens with one attached hydrogen (secondary N) is 1. The number of alkyl halides is 3. The molecule has 38 heavy (non-hydrogen) atoms. The van der Waals surface area contributed by atoms with Crippen LogP contribution >= 0.6 is 23.2 Å². The van der Waals surface area contributed by atoms with Crippen molar-refractivity contribution in [2.45, 2.75) is 45.1 Å². The van der Waals surface area contributed by atoms with Gasteiger partial charge in [0.15, 0.2) is 0 Å². The van der Waals surface area contributed by atoms with Crippen molar-refractivity contribution in [2.24, 2.45) is 0 Å². The van der Waals surface area contributed by atoms with E-state index < -0.39 is 23.7 Å². The SMILES string of the molecule is Cc1c(COc2cccc3c2CN(C2CCC(=O)NC2=O)C3=O)cnn1-c1c(Cl)cc(C(F)(F)F)cc1Cl. The summed E-state index contributed by atoms with van der Waals surface area (Å²) in [7, 11) is 0. The summed E-state index contributed by atoms with van der Waals surface area (Å²) in [5, 5.41) is 6.08. The number of fused-ring (bicyclic) bond motifs is 1. The summed E-state index contributed by atoms with van der Waals surface area (Å²) in [6, 6.07) is 5.84. The number of aromatic nitrogens is 2. The molecule has 1 saturated heterocycles. The molecule has 0 spiro atoms. The first-order valence-corrected chi connectivity index (χ1v) is 12.2. The number of carbonyl (C=O) groups is 3.